The Kier molecular flexibility index (Phi) is 3.59. The molecule has 1 aromatic carbocycles. The van der Waals surface area contributed by atoms with E-state index in [1.807, 2.05) is 12.1 Å². The molecule has 1 fully saturated rings. The third kappa shape index (κ3) is 2.73. The molecule has 118 valence electrons. The third-order valence-electron chi connectivity index (χ3n) is 4.30. The van der Waals surface area contributed by atoms with Gasteiger partial charge in [0.25, 0.3) is 0 Å². The monoisotopic (exact) mass is 308 g/mol. The Hall–Kier alpha value is -2.60. The summed E-state index contributed by atoms with van der Waals surface area (Å²) in [7, 11) is 0. The summed E-state index contributed by atoms with van der Waals surface area (Å²) in [6.07, 6.45) is 2.89. The van der Waals surface area contributed by atoms with E-state index in [9.17, 15) is 0 Å². The van der Waals surface area contributed by atoms with Crippen molar-refractivity contribution in [2.45, 2.75) is 6.42 Å². The van der Waals surface area contributed by atoms with Crippen molar-refractivity contribution in [1.82, 2.24) is 20.5 Å². The summed E-state index contributed by atoms with van der Waals surface area (Å²) in [5.74, 6) is 0.562. The number of nitrogens with zero attached hydrogens (tertiary/aromatic N) is 3. The van der Waals surface area contributed by atoms with Gasteiger partial charge in [-0.1, -0.05) is 12.1 Å². The number of nitrogens with two attached hydrogens (primary N) is 1. The van der Waals surface area contributed by atoms with Gasteiger partial charge in [0, 0.05) is 48.5 Å². The number of nitrogen functional groups attached to an aromatic ring is 1. The molecule has 0 saturated carbocycles. The van der Waals surface area contributed by atoms with E-state index in [4.69, 9.17) is 5.73 Å². The molecule has 0 spiro atoms. The molecule has 0 aliphatic carbocycles. The van der Waals surface area contributed by atoms with Gasteiger partial charge >= 0.3 is 0 Å². The van der Waals surface area contributed by atoms with E-state index in [1.165, 1.54) is 5.69 Å². The molecule has 0 radical (unpaired) electrons. The van der Waals surface area contributed by atoms with E-state index in [0.717, 1.165) is 54.8 Å². The number of hydrogen-bond acceptors (Lipinski definition) is 5. The van der Waals surface area contributed by atoms with Gasteiger partial charge < -0.3 is 16.0 Å². The molecular weight excluding hydrogens is 288 g/mol. The van der Waals surface area contributed by atoms with Gasteiger partial charge in [0.2, 0.25) is 0 Å². The van der Waals surface area contributed by atoms with Crippen LogP contribution >= 0.6 is 0 Å². The third-order valence-corrected chi connectivity index (χ3v) is 4.30. The molecule has 0 amide bonds. The number of rotatable bonds is 2. The Labute approximate surface area is 134 Å². The second-order valence-corrected chi connectivity index (χ2v) is 5.86. The molecular formula is C17H20N6. The maximum atomic E-state index is 6.07. The molecule has 4 N–H and O–H groups in total. The van der Waals surface area contributed by atoms with E-state index in [-0.39, 0.29) is 0 Å². The molecule has 1 saturated heterocycles. The summed E-state index contributed by atoms with van der Waals surface area (Å²) in [5, 5.41) is 11.6. The van der Waals surface area contributed by atoms with E-state index >= 15 is 0 Å². The highest BCUT2D eigenvalue weighted by atomic mass is 15.2. The van der Waals surface area contributed by atoms with Gasteiger partial charge in [0.05, 0.1) is 11.2 Å². The molecule has 3 aromatic rings. The van der Waals surface area contributed by atoms with Crippen LogP contribution in [0.2, 0.25) is 0 Å². The summed E-state index contributed by atoms with van der Waals surface area (Å²) in [6.45, 7) is 4.09. The van der Waals surface area contributed by atoms with Gasteiger partial charge in [-0.25, -0.2) is 4.98 Å². The van der Waals surface area contributed by atoms with E-state index in [2.05, 4.69) is 43.6 Å². The van der Waals surface area contributed by atoms with Crippen molar-refractivity contribution < 1.29 is 0 Å². The molecule has 23 heavy (non-hydrogen) atoms. The fourth-order valence-electron chi connectivity index (χ4n) is 3.16. The van der Waals surface area contributed by atoms with Crippen LogP contribution in [0.25, 0.3) is 22.2 Å². The number of nitrogens with one attached hydrogen (secondary N) is 2. The van der Waals surface area contributed by atoms with Gasteiger partial charge in [-0.05, 0) is 25.1 Å². The minimum absolute atomic E-state index is 0.562. The van der Waals surface area contributed by atoms with Crippen LogP contribution in [0.5, 0.6) is 0 Å². The number of benzene rings is 1. The number of aromatic nitrogens is 3. The largest absolute Gasteiger partial charge is 0.384 e. The lowest BCUT2D eigenvalue weighted by Crippen LogP contribution is -2.28. The average molecular weight is 308 g/mol. The number of pyridine rings is 1. The van der Waals surface area contributed by atoms with Crippen LogP contribution < -0.4 is 16.0 Å². The summed E-state index contributed by atoms with van der Waals surface area (Å²) in [5.41, 5.74) is 10.2. The van der Waals surface area contributed by atoms with Crippen LogP contribution in [0, 0.1) is 0 Å². The van der Waals surface area contributed by atoms with Gasteiger partial charge in [0.15, 0.2) is 0 Å². The molecule has 1 aliphatic heterocycles. The number of fused-ring (bicyclic) bond motifs is 1. The predicted molar refractivity (Wildman–Crippen MR) is 93.4 cm³/mol. The quantitative estimate of drug-likeness (QED) is 0.674. The Balaban J connectivity index is 1.81. The van der Waals surface area contributed by atoms with Gasteiger partial charge in [0.1, 0.15) is 5.82 Å². The standard InChI is InChI=1S/C17H20N6/c18-17-11-16(23-8-1-5-19-7-9-23)13-3-2-12(10-15(13)21-17)14-4-6-20-22-14/h2-4,6,10-11,19H,1,5,7-9H2,(H2,18,21)(H,20,22). The van der Waals surface area contributed by atoms with Crippen LogP contribution in [0.15, 0.2) is 36.5 Å². The molecule has 6 nitrogen and oxygen atoms in total. The predicted octanol–water partition coefficient (Wildman–Crippen LogP) is 2.01. The average Bonchev–Trinajstić information content (AvgIpc) is 2.96. The zero-order valence-corrected chi connectivity index (χ0v) is 12.9. The van der Waals surface area contributed by atoms with Crippen molar-refractivity contribution in [2.24, 2.45) is 0 Å². The normalized spacial score (nSPS) is 15.7. The second kappa shape index (κ2) is 5.89. The van der Waals surface area contributed by atoms with Crippen molar-refractivity contribution in [1.29, 1.82) is 0 Å². The van der Waals surface area contributed by atoms with Crippen LogP contribution in [0.4, 0.5) is 11.5 Å². The molecule has 0 unspecified atom stereocenters. The molecule has 3 heterocycles. The summed E-state index contributed by atoms with van der Waals surface area (Å²) >= 11 is 0. The van der Waals surface area contributed by atoms with Gasteiger partial charge in [-0.3, -0.25) is 5.10 Å². The fourth-order valence-corrected chi connectivity index (χ4v) is 3.16. The number of H-pyrrole nitrogens is 1. The van der Waals surface area contributed by atoms with Crippen molar-refractivity contribution in [3.8, 4) is 11.3 Å². The highest BCUT2D eigenvalue weighted by Crippen LogP contribution is 2.31. The van der Waals surface area contributed by atoms with Crippen LogP contribution in [0.3, 0.4) is 0 Å². The highest BCUT2D eigenvalue weighted by Gasteiger charge is 2.14. The summed E-state index contributed by atoms with van der Waals surface area (Å²) in [4.78, 5) is 6.93. The number of aromatic amines is 1. The van der Waals surface area contributed by atoms with Crippen LogP contribution in [0.1, 0.15) is 6.42 Å². The minimum Gasteiger partial charge on any atom is -0.384 e. The number of hydrogen-bond donors (Lipinski definition) is 3. The topological polar surface area (TPSA) is 82.9 Å². The zero-order valence-electron chi connectivity index (χ0n) is 12.9. The SMILES string of the molecule is Nc1cc(N2CCCNCC2)c2ccc(-c3ccn[nH]3)cc2n1. The lowest BCUT2D eigenvalue weighted by Gasteiger charge is -2.24. The zero-order chi connectivity index (χ0) is 15.6. The van der Waals surface area contributed by atoms with E-state index in [0.29, 0.717) is 5.82 Å². The van der Waals surface area contributed by atoms with Crippen LogP contribution in [-0.4, -0.2) is 41.4 Å². The molecule has 2 aromatic heterocycles. The van der Waals surface area contributed by atoms with Crippen molar-refractivity contribution >= 4 is 22.4 Å². The molecule has 4 rings (SSSR count). The second-order valence-electron chi connectivity index (χ2n) is 5.86. The first kappa shape index (κ1) is 14.0. The molecule has 0 atom stereocenters. The Morgan fingerprint density at radius 3 is 2.91 bits per heavy atom. The lowest BCUT2D eigenvalue weighted by molar-refractivity contribution is 0.724. The van der Waals surface area contributed by atoms with Crippen molar-refractivity contribution in [2.75, 3.05) is 36.8 Å². The molecule has 6 heteroatoms. The summed E-state index contributed by atoms with van der Waals surface area (Å²) in [6, 6.07) is 10.2. The van der Waals surface area contributed by atoms with E-state index < -0.39 is 0 Å². The van der Waals surface area contributed by atoms with Crippen molar-refractivity contribution in [3.63, 3.8) is 0 Å². The summed E-state index contributed by atoms with van der Waals surface area (Å²) < 4.78 is 0. The Morgan fingerprint density at radius 1 is 1.09 bits per heavy atom. The van der Waals surface area contributed by atoms with Crippen molar-refractivity contribution in [3.05, 3.63) is 36.5 Å². The Morgan fingerprint density at radius 2 is 2.04 bits per heavy atom. The first-order chi connectivity index (χ1) is 11.3. The molecule has 1 aliphatic rings. The molecule has 0 bridgehead atoms. The Bertz CT molecular complexity index is 803. The fraction of sp³-hybridized carbons (Fsp3) is 0.294. The lowest BCUT2D eigenvalue weighted by atomic mass is 10.1. The smallest absolute Gasteiger partial charge is 0.126 e. The first-order valence-electron chi connectivity index (χ1n) is 7.97. The van der Waals surface area contributed by atoms with Crippen LogP contribution in [-0.2, 0) is 0 Å². The number of anilines is 2. The maximum absolute atomic E-state index is 6.07. The van der Waals surface area contributed by atoms with E-state index in [1.54, 1.807) is 6.20 Å². The minimum atomic E-state index is 0.562. The maximum Gasteiger partial charge on any atom is 0.126 e. The first-order valence-corrected chi connectivity index (χ1v) is 7.97. The van der Waals surface area contributed by atoms with Gasteiger partial charge in [-0.15, -0.1) is 0 Å². The highest BCUT2D eigenvalue weighted by molar-refractivity contribution is 5.95. The van der Waals surface area contributed by atoms with Gasteiger partial charge in [-0.2, -0.15) is 5.10 Å².